The number of esters is 1. The Kier molecular flexibility index (Phi) is 3.34. The molecule has 0 unspecified atom stereocenters. The Morgan fingerprint density at radius 1 is 1.59 bits per heavy atom. The summed E-state index contributed by atoms with van der Waals surface area (Å²) in [5, 5.41) is 18.6. The highest BCUT2D eigenvalue weighted by atomic mass is 16.5. The zero-order chi connectivity index (χ0) is 15.6. The van der Waals surface area contributed by atoms with E-state index in [0.29, 0.717) is 0 Å². The van der Waals surface area contributed by atoms with E-state index < -0.39 is 36.5 Å². The molecule has 5 heteroatoms. The monoisotopic (exact) mass is 242 g/mol. The number of carbonyl (C=O) groups excluding carboxylic acids is 1. The zero-order valence-corrected chi connectivity index (χ0v) is 9.43. The van der Waals surface area contributed by atoms with Crippen molar-refractivity contribution in [3.8, 4) is 11.5 Å². The Labute approximate surface area is 104 Å². The van der Waals surface area contributed by atoms with Crippen LogP contribution >= 0.6 is 0 Å². The van der Waals surface area contributed by atoms with Crippen molar-refractivity contribution in [1.29, 1.82) is 0 Å². The number of rotatable bonds is 5. The van der Waals surface area contributed by atoms with Gasteiger partial charge in [0.2, 0.25) is 0 Å². The van der Waals surface area contributed by atoms with Crippen molar-refractivity contribution in [3.63, 3.8) is 0 Å². The molecule has 0 spiro atoms. The maximum absolute atomic E-state index is 11.1. The topological polar surface area (TPSA) is 92.8 Å². The van der Waals surface area contributed by atoms with Gasteiger partial charge in [-0.1, -0.05) is 13.0 Å². The zero-order valence-electron chi connectivity index (χ0n) is 12.4. The molecule has 0 radical (unpaired) electrons. The molecule has 1 aromatic rings. The lowest BCUT2D eigenvalue weighted by molar-refractivity contribution is -0.143. The van der Waals surface area contributed by atoms with E-state index in [-0.39, 0.29) is 12.0 Å². The van der Waals surface area contributed by atoms with Crippen LogP contribution in [0.4, 0.5) is 0 Å². The lowest BCUT2D eigenvalue weighted by atomic mass is 10.1. The highest BCUT2D eigenvalue weighted by molar-refractivity contribution is 5.68. The summed E-state index contributed by atoms with van der Waals surface area (Å²) in [6.45, 7) is 0.936. The van der Waals surface area contributed by atoms with Gasteiger partial charge in [-0.2, -0.15) is 0 Å². The summed E-state index contributed by atoms with van der Waals surface area (Å²) in [4.78, 5) is 11.1. The van der Waals surface area contributed by atoms with Crippen LogP contribution in [0, 0.1) is 0 Å². The number of nitrogens with two attached hydrogens (primary N) is 1. The van der Waals surface area contributed by atoms with Gasteiger partial charge < -0.3 is 20.7 Å². The summed E-state index contributed by atoms with van der Waals surface area (Å²) in [7, 11) is 0. The quantitative estimate of drug-likeness (QED) is 0.527. The van der Waals surface area contributed by atoms with E-state index in [1.165, 1.54) is 6.07 Å². The summed E-state index contributed by atoms with van der Waals surface area (Å²) in [6, 6.07) is 1.04. The van der Waals surface area contributed by atoms with Gasteiger partial charge in [-0.3, -0.25) is 4.79 Å². The minimum atomic E-state index is -2.40. The molecule has 4 N–H and O–H groups in total. The maximum atomic E-state index is 11.1. The number of ether oxygens (including phenoxy) is 1. The molecule has 0 heterocycles. The SMILES string of the molecule is [2H]C([2H])(c1ccc(O)c(O)c1)[C@]([2H])(N)COC(=O)CC. The fourth-order valence-corrected chi connectivity index (χ4v) is 1.08. The van der Waals surface area contributed by atoms with E-state index in [9.17, 15) is 15.0 Å². The molecule has 0 fully saturated rings. The van der Waals surface area contributed by atoms with Crippen LogP contribution in [0.3, 0.4) is 0 Å². The van der Waals surface area contributed by atoms with Gasteiger partial charge in [0.15, 0.2) is 11.5 Å². The van der Waals surface area contributed by atoms with E-state index in [0.717, 1.165) is 12.1 Å². The summed E-state index contributed by atoms with van der Waals surface area (Å²) in [5.41, 5.74) is 5.49. The summed E-state index contributed by atoms with van der Waals surface area (Å²) < 4.78 is 28.4. The van der Waals surface area contributed by atoms with Crippen LogP contribution in [0.1, 0.15) is 23.0 Å². The molecule has 0 aromatic heterocycles. The van der Waals surface area contributed by atoms with Gasteiger partial charge in [0.05, 0.1) is 1.37 Å². The number of aromatic hydroxyl groups is 2. The molecule has 1 rings (SSSR count). The van der Waals surface area contributed by atoms with Crippen molar-refractivity contribution in [2.24, 2.45) is 5.73 Å². The average molecular weight is 242 g/mol. The second-order valence-corrected chi connectivity index (χ2v) is 3.37. The lowest BCUT2D eigenvalue weighted by Crippen LogP contribution is -2.29. The number of hydrogen-bond donors (Lipinski definition) is 3. The van der Waals surface area contributed by atoms with E-state index in [2.05, 4.69) is 0 Å². The lowest BCUT2D eigenvalue weighted by Gasteiger charge is -2.12. The molecule has 0 amide bonds. The summed E-state index contributed by atoms with van der Waals surface area (Å²) >= 11 is 0. The number of phenolic OH excluding ortho intramolecular Hbond substituents is 2. The molecule has 0 aliphatic carbocycles. The first-order valence-corrected chi connectivity index (χ1v) is 5.09. The molecule has 94 valence electrons. The van der Waals surface area contributed by atoms with Crippen LogP contribution in [0.25, 0.3) is 0 Å². The van der Waals surface area contributed by atoms with E-state index in [1.807, 2.05) is 0 Å². The first-order valence-electron chi connectivity index (χ1n) is 6.59. The fraction of sp³-hybridized carbons (Fsp3) is 0.417. The van der Waals surface area contributed by atoms with Gasteiger partial charge >= 0.3 is 5.97 Å². The number of benzene rings is 1. The molecule has 0 aliphatic rings. The number of carbonyl (C=O) groups is 1. The van der Waals surface area contributed by atoms with Gasteiger partial charge in [0.25, 0.3) is 0 Å². The second kappa shape index (κ2) is 6.10. The average Bonchev–Trinajstić information content (AvgIpc) is 2.38. The molecule has 0 aliphatic heterocycles. The van der Waals surface area contributed by atoms with Crippen molar-refractivity contribution < 1.29 is 23.9 Å². The van der Waals surface area contributed by atoms with Gasteiger partial charge in [-0.25, -0.2) is 0 Å². The molecule has 17 heavy (non-hydrogen) atoms. The van der Waals surface area contributed by atoms with Crippen LogP contribution < -0.4 is 5.73 Å². The first kappa shape index (κ1) is 9.30. The normalized spacial score (nSPS) is 17.4. The van der Waals surface area contributed by atoms with Crippen LogP contribution in [-0.4, -0.2) is 28.8 Å². The minimum Gasteiger partial charge on any atom is -0.504 e. The Hall–Kier alpha value is -1.75. The van der Waals surface area contributed by atoms with Crippen molar-refractivity contribution in [1.82, 2.24) is 0 Å². The summed E-state index contributed by atoms with van der Waals surface area (Å²) in [6.07, 6.45) is -2.30. The molecule has 1 atom stereocenters. The predicted molar refractivity (Wildman–Crippen MR) is 62.7 cm³/mol. The van der Waals surface area contributed by atoms with Gasteiger partial charge in [0.1, 0.15) is 6.61 Å². The highest BCUT2D eigenvalue weighted by Gasteiger charge is 2.09. The van der Waals surface area contributed by atoms with Gasteiger partial charge in [0, 0.05) is 15.2 Å². The molecule has 5 nitrogen and oxygen atoms in total. The van der Waals surface area contributed by atoms with Crippen LogP contribution in [-0.2, 0) is 15.9 Å². The third-order valence-electron chi connectivity index (χ3n) is 1.96. The largest absolute Gasteiger partial charge is 0.504 e. The third-order valence-corrected chi connectivity index (χ3v) is 1.96. The third kappa shape index (κ3) is 4.32. The Balaban J connectivity index is 3.00. The molecular formula is C12H17NO4. The number of phenols is 2. The number of hydrogen-bond acceptors (Lipinski definition) is 5. The molecule has 0 bridgehead atoms. The Bertz CT molecular complexity index is 505. The Morgan fingerprint density at radius 3 is 2.88 bits per heavy atom. The molecule has 0 saturated heterocycles. The van der Waals surface area contributed by atoms with Crippen molar-refractivity contribution in [2.45, 2.75) is 25.7 Å². The van der Waals surface area contributed by atoms with Crippen molar-refractivity contribution in [2.75, 3.05) is 6.61 Å². The second-order valence-electron chi connectivity index (χ2n) is 3.37. The van der Waals surface area contributed by atoms with Crippen LogP contribution in [0.15, 0.2) is 18.2 Å². The summed E-state index contributed by atoms with van der Waals surface area (Å²) in [5.74, 6) is -1.52. The van der Waals surface area contributed by atoms with E-state index in [1.54, 1.807) is 6.92 Å². The van der Waals surface area contributed by atoms with Crippen molar-refractivity contribution >= 4 is 5.97 Å². The molecular weight excluding hydrogens is 222 g/mol. The smallest absolute Gasteiger partial charge is 0.305 e. The van der Waals surface area contributed by atoms with Crippen LogP contribution in [0.5, 0.6) is 11.5 Å². The van der Waals surface area contributed by atoms with Gasteiger partial charge in [-0.05, 0) is 24.1 Å². The molecule has 0 saturated carbocycles. The first-order chi connectivity index (χ1) is 9.11. The van der Waals surface area contributed by atoms with E-state index in [4.69, 9.17) is 14.6 Å². The standard InChI is InChI=1S/C12H17NO4/c1-2-12(16)17-7-9(13)5-8-3-4-10(14)11(15)6-8/h3-4,6,9,14-15H,2,5,7,13H2,1H3/t9-/m0/s1/i5D2,9D. The van der Waals surface area contributed by atoms with Crippen LogP contribution in [0.2, 0.25) is 0 Å². The fourth-order valence-electron chi connectivity index (χ4n) is 1.08. The van der Waals surface area contributed by atoms with Gasteiger partial charge in [-0.15, -0.1) is 0 Å². The maximum Gasteiger partial charge on any atom is 0.305 e. The minimum absolute atomic E-state index is 0.0963. The predicted octanol–water partition coefficient (Wildman–Crippen LogP) is 0.921. The highest BCUT2D eigenvalue weighted by Crippen LogP contribution is 2.25. The Morgan fingerprint density at radius 2 is 2.29 bits per heavy atom. The molecule has 1 aromatic carbocycles. The van der Waals surface area contributed by atoms with E-state index >= 15 is 0 Å². The van der Waals surface area contributed by atoms with Crippen molar-refractivity contribution in [3.05, 3.63) is 23.8 Å².